The number of fused-ring (bicyclic) bond motifs is 1. The van der Waals surface area contributed by atoms with E-state index in [4.69, 9.17) is 14.9 Å². The van der Waals surface area contributed by atoms with Crippen molar-refractivity contribution >= 4 is 22.6 Å². The Labute approximate surface area is 192 Å². The summed E-state index contributed by atoms with van der Waals surface area (Å²) in [6, 6.07) is -0.122. The summed E-state index contributed by atoms with van der Waals surface area (Å²) in [5.74, 6) is -1.15. The molecule has 180 valence electrons. The number of nitrogens with zero attached hydrogens (tertiary/aromatic N) is 3. The van der Waals surface area contributed by atoms with Crippen LogP contribution in [0.1, 0.15) is 46.9 Å². The molecule has 11 heteroatoms. The molecule has 5 rings (SSSR count). The number of ether oxygens (including phenoxy) is 1. The van der Waals surface area contributed by atoms with Gasteiger partial charge in [0.2, 0.25) is 11.3 Å². The van der Waals surface area contributed by atoms with Crippen LogP contribution in [0.4, 0.5) is 14.5 Å². The fraction of sp³-hybridized carbons (Fsp3) is 0.435. The van der Waals surface area contributed by atoms with Gasteiger partial charge in [0.1, 0.15) is 23.2 Å². The van der Waals surface area contributed by atoms with E-state index in [1.165, 1.54) is 11.7 Å². The number of anilines is 1. The third kappa shape index (κ3) is 3.51. The predicted octanol–water partition coefficient (Wildman–Crippen LogP) is 2.95. The molecule has 1 aliphatic carbocycles. The molecule has 3 heterocycles. The molecule has 2 fully saturated rings. The number of aromatic nitrogens is 2. The minimum atomic E-state index is -1.46. The second kappa shape index (κ2) is 8.08. The second-order valence-electron chi connectivity index (χ2n) is 8.87. The number of nitrogens with two attached hydrogens (primary N) is 1. The number of carboxylic acid groups (broad SMARTS) is 1. The molecular formula is C23H24F2N4O5. The van der Waals surface area contributed by atoms with Crippen LogP contribution in [0.3, 0.4) is 0 Å². The van der Waals surface area contributed by atoms with Crippen LogP contribution in [-0.2, 0) is 0 Å². The van der Waals surface area contributed by atoms with E-state index < -0.39 is 41.0 Å². The highest BCUT2D eigenvalue weighted by atomic mass is 19.1. The zero-order valence-corrected chi connectivity index (χ0v) is 18.6. The third-order valence-electron chi connectivity index (χ3n) is 6.64. The summed E-state index contributed by atoms with van der Waals surface area (Å²) in [5, 5.41) is 9.29. The van der Waals surface area contributed by atoms with Crippen LogP contribution < -0.4 is 20.8 Å². The molecule has 3 N–H and O–H groups in total. The van der Waals surface area contributed by atoms with Gasteiger partial charge in [0.25, 0.3) is 0 Å². The Morgan fingerprint density at radius 2 is 2.18 bits per heavy atom. The van der Waals surface area contributed by atoms with Gasteiger partial charge in [0.15, 0.2) is 11.6 Å². The number of carboxylic acids is 1. The van der Waals surface area contributed by atoms with Gasteiger partial charge >= 0.3 is 5.97 Å². The van der Waals surface area contributed by atoms with E-state index >= 15 is 4.39 Å². The number of carbonyl (C=O) groups is 1. The smallest absolute Gasteiger partial charge is 0.341 e. The Hall–Kier alpha value is -3.47. The molecule has 0 bridgehead atoms. The highest BCUT2D eigenvalue weighted by Gasteiger charge is 2.42. The third-order valence-corrected chi connectivity index (χ3v) is 6.64. The molecule has 4 unspecified atom stereocenters. The van der Waals surface area contributed by atoms with E-state index in [-0.39, 0.29) is 34.7 Å². The van der Waals surface area contributed by atoms with Crippen molar-refractivity contribution in [3.63, 3.8) is 0 Å². The lowest BCUT2D eigenvalue weighted by molar-refractivity contribution is 0.0694. The maximum atomic E-state index is 15.5. The summed E-state index contributed by atoms with van der Waals surface area (Å²) in [4.78, 5) is 30.4. The number of rotatable bonds is 6. The van der Waals surface area contributed by atoms with Crippen LogP contribution in [0.2, 0.25) is 0 Å². The number of hydrogen-bond acceptors (Lipinski definition) is 7. The SMILES string of the molecule is COc1c(N2CCC(C(N)c3ncc(C)o3)C2)c(F)cc2c(=O)c(C(=O)O)cn(C3CC3F)c12. The topological polar surface area (TPSA) is 124 Å². The Morgan fingerprint density at radius 1 is 1.44 bits per heavy atom. The van der Waals surface area contributed by atoms with E-state index in [1.54, 1.807) is 18.0 Å². The number of benzene rings is 1. The summed E-state index contributed by atoms with van der Waals surface area (Å²) in [5.41, 5.74) is 5.26. The fourth-order valence-corrected chi connectivity index (χ4v) is 4.80. The molecule has 4 atom stereocenters. The lowest BCUT2D eigenvalue weighted by atomic mass is 10.00. The van der Waals surface area contributed by atoms with E-state index in [9.17, 15) is 19.1 Å². The first-order chi connectivity index (χ1) is 16.2. The lowest BCUT2D eigenvalue weighted by Gasteiger charge is -2.25. The minimum absolute atomic E-state index is 0.0596. The Balaban J connectivity index is 1.61. The van der Waals surface area contributed by atoms with Crippen LogP contribution in [0.15, 0.2) is 27.7 Å². The molecule has 0 amide bonds. The van der Waals surface area contributed by atoms with Gasteiger partial charge in [-0.15, -0.1) is 0 Å². The molecule has 0 spiro atoms. The van der Waals surface area contributed by atoms with Crippen molar-refractivity contribution in [2.45, 2.75) is 38.0 Å². The monoisotopic (exact) mass is 474 g/mol. The van der Waals surface area contributed by atoms with Gasteiger partial charge in [-0.2, -0.15) is 0 Å². The molecule has 0 radical (unpaired) electrons. The maximum absolute atomic E-state index is 15.5. The molecule has 3 aromatic rings. The van der Waals surface area contributed by atoms with Gasteiger partial charge in [-0.1, -0.05) is 0 Å². The maximum Gasteiger partial charge on any atom is 0.341 e. The van der Waals surface area contributed by atoms with Crippen molar-refractivity contribution < 1.29 is 27.8 Å². The number of oxazole rings is 1. The summed E-state index contributed by atoms with van der Waals surface area (Å²) in [7, 11) is 1.34. The molecule has 1 aliphatic heterocycles. The minimum Gasteiger partial charge on any atom is -0.492 e. The first kappa shape index (κ1) is 22.3. The van der Waals surface area contributed by atoms with E-state index in [1.807, 2.05) is 0 Å². The number of aryl methyl sites for hydroxylation is 1. The standard InChI is InChI=1S/C23H24F2N4O5/c1-10-7-27-22(34-10)17(26)11-3-4-28(8-11)19-15(25)5-12-18(21(19)33-2)29(16-6-14(16)24)9-13(20(12)30)23(31)32/h5,7,9,11,14,16-17H,3-4,6,8,26H2,1-2H3,(H,31,32). The Kier molecular flexibility index (Phi) is 5.31. The largest absolute Gasteiger partial charge is 0.492 e. The van der Waals surface area contributed by atoms with Gasteiger partial charge in [0, 0.05) is 31.6 Å². The Morgan fingerprint density at radius 3 is 2.76 bits per heavy atom. The molecule has 34 heavy (non-hydrogen) atoms. The number of methoxy groups -OCH3 is 1. The zero-order valence-electron chi connectivity index (χ0n) is 18.6. The number of alkyl halides is 1. The van der Waals surface area contributed by atoms with Crippen LogP contribution >= 0.6 is 0 Å². The average molecular weight is 474 g/mol. The highest BCUT2D eigenvalue weighted by molar-refractivity contribution is 5.97. The molecule has 2 aromatic heterocycles. The molecule has 1 saturated heterocycles. The van der Waals surface area contributed by atoms with Crippen molar-refractivity contribution in [1.82, 2.24) is 9.55 Å². The number of pyridine rings is 1. The van der Waals surface area contributed by atoms with Gasteiger partial charge in [-0.25, -0.2) is 18.6 Å². The summed E-state index contributed by atoms with van der Waals surface area (Å²) < 4.78 is 42.0. The van der Waals surface area contributed by atoms with Crippen molar-refractivity contribution in [2.24, 2.45) is 11.7 Å². The van der Waals surface area contributed by atoms with Crippen LogP contribution in [-0.4, -0.2) is 47.0 Å². The molecular weight excluding hydrogens is 450 g/mol. The summed E-state index contributed by atoms with van der Waals surface area (Å²) in [6.45, 7) is 2.62. The number of halogens is 2. The van der Waals surface area contributed by atoms with E-state index in [0.29, 0.717) is 31.2 Å². The first-order valence-electron chi connectivity index (χ1n) is 11.0. The molecule has 1 aromatic carbocycles. The van der Waals surface area contributed by atoms with Crippen molar-refractivity contribution in [3.8, 4) is 5.75 Å². The first-order valence-corrected chi connectivity index (χ1v) is 11.0. The highest BCUT2D eigenvalue weighted by Crippen LogP contribution is 2.46. The zero-order chi connectivity index (χ0) is 24.3. The molecule has 1 saturated carbocycles. The summed E-state index contributed by atoms with van der Waals surface area (Å²) in [6.07, 6.45) is 2.33. The van der Waals surface area contributed by atoms with Gasteiger partial charge < -0.3 is 29.5 Å². The van der Waals surface area contributed by atoms with Gasteiger partial charge in [-0.3, -0.25) is 4.79 Å². The molecule has 9 nitrogen and oxygen atoms in total. The number of hydrogen-bond donors (Lipinski definition) is 2. The second-order valence-corrected chi connectivity index (χ2v) is 8.87. The van der Waals surface area contributed by atoms with Crippen LogP contribution in [0, 0.1) is 18.7 Å². The van der Waals surface area contributed by atoms with Crippen molar-refractivity contribution in [3.05, 3.63) is 51.7 Å². The Bertz CT molecular complexity index is 1350. The summed E-state index contributed by atoms with van der Waals surface area (Å²) >= 11 is 0. The van der Waals surface area contributed by atoms with Crippen molar-refractivity contribution in [1.29, 1.82) is 0 Å². The normalized spacial score (nSPS) is 22.9. The fourth-order valence-electron chi connectivity index (χ4n) is 4.80. The molecule has 2 aliphatic rings. The van der Waals surface area contributed by atoms with Crippen molar-refractivity contribution in [2.75, 3.05) is 25.1 Å². The average Bonchev–Trinajstić information content (AvgIpc) is 3.16. The number of aromatic carboxylic acids is 1. The van der Waals surface area contributed by atoms with Crippen LogP contribution in [0.5, 0.6) is 5.75 Å². The quantitative estimate of drug-likeness (QED) is 0.559. The van der Waals surface area contributed by atoms with Gasteiger partial charge in [0.05, 0.1) is 36.3 Å². The van der Waals surface area contributed by atoms with Gasteiger partial charge in [-0.05, 0) is 19.4 Å². The van der Waals surface area contributed by atoms with E-state index in [2.05, 4.69) is 4.98 Å². The van der Waals surface area contributed by atoms with E-state index in [0.717, 1.165) is 12.3 Å². The predicted molar refractivity (Wildman–Crippen MR) is 119 cm³/mol. The van der Waals surface area contributed by atoms with Crippen LogP contribution in [0.25, 0.3) is 10.9 Å². The lowest BCUT2D eigenvalue weighted by Crippen LogP contribution is -2.27.